The molecule has 0 bridgehead atoms. The summed E-state index contributed by atoms with van der Waals surface area (Å²) in [6.45, 7) is 6.08. The van der Waals surface area contributed by atoms with Crippen molar-refractivity contribution in [3.05, 3.63) is 0 Å². The molecule has 0 aromatic rings. The minimum Gasteiger partial charge on any atom is -0.393 e. The molecular formula is C13H22N2O2S. The first-order valence-corrected chi connectivity index (χ1v) is 7.50. The third-order valence-electron chi connectivity index (χ3n) is 4.06. The fourth-order valence-electron chi connectivity index (χ4n) is 2.29. The molecule has 0 saturated heterocycles. The van der Waals surface area contributed by atoms with E-state index in [1.54, 1.807) is 11.8 Å². The number of aliphatic hydroxyl groups is 1. The molecule has 1 heterocycles. The van der Waals surface area contributed by atoms with Crippen molar-refractivity contribution in [3.63, 3.8) is 0 Å². The number of aliphatic imine (C=N–C) groups is 1. The number of amides is 1. The monoisotopic (exact) mass is 270 g/mol. The second-order valence-electron chi connectivity index (χ2n) is 5.74. The quantitative estimate of drug-likeness (QED) is 0.805. The highest BCUT2D eigenvalue weighted by Crippen LogP contribution is 2.39. The lowest BCUT2D eigenvalue weighted by Gasteiger charge is -2.28. The summed E-state index contributed by atoms with van der Waals surface area (Å²) in [5.74, 6) is 0.243. The van der Waals surface area contributed by atoms with E-state index in [0.717, 1.165) is 30.9 Å². The second kappa shape index (κ2) is 5.21. The highest BCUT2D eigenvalue weighted by Gasteiger charge is 2.44. The Morgan fingerprint density at radius 2 is 2.00 bits per heavy atom. The molecule has 0 aromatic carbocycles. The molecule has 102 valence electrons. The normalized spacial score (nSPS) is 36.9. The van der Waals surface area contributed by atoms with Crippen LogP contribution in [0.3, 0.4) is 0 Å². The number of carbonyl (C=O) groups is 1. The summed E-state index contributed by atoms with van der Waals surface area (Å²) in [6, 6.07) is 0.349. The number of hydrogen-bond donors (Lipinski definition) is 2. The first kappa shape index (κ1) is 13.9. The summed E-state index contributed by atoms with van der Waals surface area (Å²) in [5.41, 5.74) is 0. The molecule has 1 atom stereocenters. The lowest BCUT2D eigenvalue weighted by atomic mass is 9.93. The van der Waals surface area contributed by atoms with E-state index in [0.29, 0.717) is 6.04 Å². The highest BCUT2D eigenvalue weighted by atomic mass is 32.2. The van der Waals surface area contributed by atoms with Gasteiger partial charge in [-0.25, -0.2) is 0 Å². The Balaban J connectivity index is 1.92. The van der Waals surface area contributed by atoms with Crippen molar-refractivity contribution < 1.29 is 9.90 Å². The molecule has 2 rings (SSSR count). The van der Waals surface area contributed by atoms with Gasteiger partial charge in [0.15, 0.2) is 5.17 Å². The van der Waals surface area contributed by atoms with Crippen molar-refractivity contribution in [3.8, 4) is 0 Å². The SMILES string of the molecule is CC(C)C1(C)SC(N[C@H]2CC[C@@H](O)CC2)=NC1=O. The topological polar surface area (TPSA) is 61.7 Å². The molecule has 0 aromatic heterocycles. The Bertz CT molecular complexity index is 362. The molecule has 18 heavy (non-hydrogen) atoms. The smallest absolute Gasteiger partial charge is 0.264 e. The molecule has 0 spiro atoms. The minimum atomic E-state index is -0.420. The molecule has 1 saturated carbocycles. The van der Waals surface area contributed by atoms with Crippen LogP contribution in [0.2, 0.25) is 0 Å². The summed E-state index contributed by atoms with van der Waals surface area (Å²) in [4.78, 5) is 16.1. The zero-order valence-electron chi connectivity index (χ0n) is 11.3. The van der Waals surface area contributed by atoms with Crippen LogP contribution in [0.5, 0.6) is 0 Å². The van der Waals surface area contributed by atoms with Crippen LogP contribution < -0.4 is 5.32 Å². The van der Waals surface area contributed by atoms with Gasteiger partial charge in [0.05, 0.1) is 6.10 Å². The Morgan fingerprint density at radius 3 is 2.50 bits per heavy atom. The van der Waals surface area contributed by atoms with E-state index in [4.69, 9.17) is 0 Å². The van der Waals surface area contributed by atoms with Gasteiger partial charge in [-0.2, -0.15) is 4.99 Å². The molecule has 1 amide bonds. The van der Waals surface area contributed by atoms with Crippen molar-refractivity contribution in [2.24, 2.45) is 10.9 Å². The summed E-state index contributed by atoms with van der Waals surface area (Å²) in [7, 11) is 0. The van der Waals surface area contributed by atoms with Gasteiger partial charge in [-0.1, -0.05) is 25.6 Å². The third-order valence-corrected chi connectivity index (χ3v) is 5.54. The number of aliphatic hydroxyl groups excluding tert-OH is 1. The second-order valence-corrected chi connectivity index (χ2v) is 7.17. The van der Waals surface area contributed by atoms with E-state index in [2.05, 4.69) is 24.2 Å². The summed E-state index contributed by atoms with van der Waals surface area (Å²) >= 11 is 1.55. The zero-order chi connectivity index (χ0) is 13.3. The van der Waals surface area contributed by atoms with E-state index in [9.17, 15) is 9.90 Å². The van der Waals surface area contributed by atoms with Crippen molar-refractivity contribution in [1.29, 1.82) is 0 Å². The van der Waals surface area contributed by atoms with Gasteiger partial charge in [0.2, 0.25) is 0 Å². The minimum absolute atomic E-state index is 0.0270. The van der Waals surface area contributed by atoms with Crippen LogP contribution in [0.4, 0.5) is 0 Å². The number of carbonyl (C=O) groups excluding carboxylic acids is 1. The zero-order valence-corrected chi connectivity index (χ0v) is 12.1. The lowest BCUT2D eigenvalue weighted by Crippen LogP contribution is -2.38. The Morgan fingerprint density at radius 1 is 1.39 bits per heavy atom. The fourth-order valence-corrected chi connectivity index (χ4v) is 3.42. The van der Waals surface area contributed by atoms with Gasteiger partial charge in [-0.05, 0) is 38.5 Å². The van der Waals surface area contributed by atoms with Crippen LogP contribution in [-0.4, -0.2) is 33.1 Å². The fraction of sp³-hybridized carbons (Fsp3) is 0.846. The number of nitrogens with one attached hydrogen (secondary N) is 1. The van der Waals surface area contributed by atoms with Crippen LogP contribution in [0, 0.1) is 5.92 Å². The molecule has 1 fully saturated rings. The molecule has 1 unspecified atom stereocenters. The van der Waals surface area contributed by atoms with Gasteiger partial charge < -0.3 is 10.4 Å². The Hall–Kier alpha value is -0.550. The van der Waals surface area contributed by atoms with E-state index in [1.165, 1.54) is 0 Å². The Kier molecular flexibility index (Phi) is 4.02. The van der Waals surface area contributed by atoms with Gasteiger partial charge in [0.1, 0.15) is 4.75 Å². The summed E-state index contributed by atoms with van der Waals surface area (Å²) < 4.78 is -0.420. The maximum Gasteiger partial charge on any atom is 0.264 e. The van der Waals surface area contributed by atoms with Gasteiger partial charge in [0.25, 0.3) is 5.91 Å². The first-order chi connectivity index (χ1) is 8.41. The number of rotatable bonds is 2. The van der Waals surface area contributed by atoms with E-state index < -0.39 is 4.75 Å². The van der Waals surface area contributed by atoms with Crippen molar-refractivity contribution in [1.82, 2.24) is 5.32 Å². The first-order valence-electron chi connectivity index (χ1n) is 6.68. The maximum atomic E-state index is 12.0. The molecule has 2 N–H and O–H groups in total. The highest BCUT2D eigenvalue weighted by molar-refractivity contribution is 8.16. The predicted molar refractivity (Wildman–Crippen MR) is 74.7 cm³/mol. The van der Waals surface area contributed by atoms with Crippen LogP contribution in [0.15, 0.2) is 4.99 Å². The average molecular weight is 270 g/mol. The standard InChI is InChI=1S/C13H22N2O2S/c1-8(2)13(3)11(17)15-12(18-13)14-9-4-6-10(16)7-5-9/h8-10,16H,4-7H2,1-3H3,(H,14,15,17)/t9-,10+,13?. The molecule has 2 aliphatic rings. The number of nitrogens with zero attached hydrogens (tertiary/aromatic N) is 1. The van der Waals surface area contributed by atoms with E-state index in [-0.39, 0.29) is 17.9 Å². The lowest BCUT2D eigenvalue weighted by molar-refractivity contribution is -0.120. The molecule has 5 heteroatoms. The largest absolute Gasteiger partial charge is 0.393 e. The van der Waals surface area contributed by atoms with Crippen LogP contribution in [0.25, 0.3) is 0 Å². The average Bonchev–Trinajstić information content (AvgIpc) is 2.59. The van der Waals surface area contributed by atoms with Crippen LogP contribution in [-0.2, 0) is 4.79 Å². The van der Waals surface area contributed by atoms with Crippen molar-refractivity contribution in [2.45, 2.75) is 63.3 Å². The van der Waals surface area contributed by atoms with E-state index in [1.807, 2.05) is 6.92 Å². The molecule has 1 aliphatic heterocycles. The summed E-state index contributed by atoms with van der Waals surface area (Å²) in [6.07, 6.45) is 3.43. The van der Waals surface area contributed by atoms with Gasteiger partial charge in [-0.15, -0.1) is 0 Å². The van der Waals surface area contributed by atoms with E-state index >= 15 is 0 Å². The molecule has 0 radical (unpaired) electrons. The molecular weight excluding hydrogens is 248 g/mol. The number of thioether (sulfide) groups is 1. The summed E-state index contributed by atoms with van der Waals surface area (Å²) in [5, 5.41) is 13.6. The van der Waals surface area contributed by atoms with Crippen LogP contribution >= 0.6 is 11.8 Å². The van der Waals surface area contributed by atoms with Crippen molar-refractivity contribution >= 4 is 22.8 Å². The Labute approximate surface area is 113 Å². The third kappa shape index (κ3) is 2.72. The van der Waals surface area contributed by atoms with Crippen molar-refractivity contribution in [2.75, 3.05) is 0 Å². The number of amidine groups is 1. The van der Waals surface area contributed by atoms with Gasteiger partial charge >= 0.3 is 0 Å². The number of hydrogen-bond acceptors (Lipinski definition) is 4. The van der Waals surface area contributed by atoms with Gasteiger partial charge in [-0.3, -0.25) is 4.79 Å². The molecule has 4 nitrogen and oxygen atoms in total. The maximum absolute atomic E-state index is 12.0. The predicted octanol–water partition coefficient (Wildman–Crippen LogP) is 1.92. The van der Waals surface area contributed by atoms with Gasteiger partial charge in [0, 0.05) is 6.04 Å². The van der Waals surface area contributed by atoms with Crippen LogP contribution in [0.1, 0.15) is 46.5 Å². The molecule has 1 aliphatic carbocycles.